The monoisotopic (exact) mass is 406 g/mol. The number of benzene rings is 1. The van der Waals surface area contributed by atoms with Gasteiger partial charge in [-0.25, -0.2) is 4.98 Å². The Hall–Kier alpha value is -2.49. The van der Waals surface area contributed by atoms with Crippen molar-refractivity contribution in [3.8, 4) is 17.7 Å². The molecular formula is C23H26N4OS. The van der Waals surface area contributed by atoms with Crippen molar-refractivity contribution in [2.45, 2.75) is 46.6 Å². The number of hydrogen-bond donors (Lipinski definition) is 0. The summed E-state index contributed by atoms with van der Waals surface area (Å²) in [5.41, 5.74) is 2.16. The van der Waals surface area contributed by atoms with E-state index < -0.39 is 0 Å². The summed E-state index contributed by atoms with van der Waals surface area (Å²) < 4.78 is 6.22. The molecule has 0 aliphatic carbocycles. The first-order valence-corrected chi connectivity index (χ1v) is 11.0. The van der Waals surface area contributed by atoms with Crippen LogP contribution in [0.5, 0.6) is 11.6 Å². The van der Waals surface area contributed by atoms with E-state index in [2.05, 4.69) is 31.7 Å². The fourth-order valence-electron chi connectivity index (χ4n) is 3.70. The Bertz CT molecular complexity index is 1040. The zero-order valence-corrected chi connectivity index (χ0v) is 18.1. The van der Waals surface area contributed by atoms with Crippen LogP contribution in [0.2, 0.25) is 0 Å². The number of hydrogen-bond acceptors (Lipinski definition) is 6. The molecule has 3 aromatic rings. The second kappa shape index (κ2) is 8.48. The summed E-state index contributed by atoms with van der Waals surface area (Å²) >= 11 is 1.70. The summed E-state index contributed by atoms with van der Waals surface area (Å²) in [5, 5.41) is 9.86. The third kappa shape index (κ3) is 4.42. The molecule has 1 aliphatic heterocycles. The van der Waals surface area contributed by atoms with Gasteiger partial charge < -0.3 is 4.74 Å². The number of ether oxygens (including phenoxy) is 1. The van der Waals surface area contributed by atoms with E-state index in [0.717, 1.165) is 52.9 Å². The average molecular weight is 407 g/mol. The second-order valence-corrected chi connectivity index (χ2v) is 9.15. The average Bonchev–Trinajstić information content (AvgIpc) is 2.99. The van der Waals surface area contributed by atoms with Gasteiger partial charge >= 0.3 is 0 Å². The predicted molar refractivity (Wildman–Crippen MR) is 116 cm³/mol. The molecule has 4 rings (SSSR count). The Morgan fingerprint density at radius 3 is 2.59 bits per heavy atom. The summed E-state index contributed by atoms with van der Waals surface area (Å²) in [5.74, 6) is 2.99. The summed E-state index contributed by atoms with van der Waals surface area (Å²) in [6, 6.07) is 9.84. The molecule has 0 saturated carbocycles. The number of nitriles is 1. The van der Waals surface area contributed by atoms with E-state index in [-0.39, 0.29) is 0 Å². The molecule has 1 fully saturated rings. The third-order valence-electron chi connectivity index (χ3n) is 5.70. The largest absolute Gasteiger partial charge is 0.438 e. The van der Waals surface area contributed by atoms with Crippen LogP contribution in [0.3, 0.4) is 0 Å². The number of thiophene rings is 1. The first-order valence-electron chi connectivity index (χ1n) is 10.2. The lowest BCUT2D eigenvalue weighted by Gasteiger charge is -2.29. The van der Waals surface area contributed by atoms with Crippen molar-refractivity contribution in [1.29, 1.82) is 5.26 Å². The summed E-state index contributed by atoms with van der Waals surface area (Å²) in [4.78, 5) is 14.4. The zero-order valence-electron chi connectivity index (χ0n) is 17.2. The molecule has 0 amide bonds. The number of aromatic nitrogens is 2. The van der Waals surface area contributed by atoms with E-state index in [0.29, 0.717) is 12.3 Å². The van der Waals surface area contributed by atoms with Crippen LogP contribution in [-0.4, -0.2) is 28.0 Å². The van der Waals surface area contributed by atoms with Crippen LogP contribution in [-0.2, 0) is 13.0 Å². The normalized spacial score (nSPS) is 15.5. The highest BCUT2D eigenvalue weighted by Crippen LogP contribution is 2.36. The van der Waals surface area contributed by atoms with Crippen LogP contribution in [0.15, 0.2) is 24.3 Å². The lowest BCUT2D eigenvalue weighted by Crippen LogP contribution is -2.32. The van der Waals surface area contributed by atoms with Gasteiger partial charge in [0.05, 0.1) is 24.4 Å². The molecule has 2 aromatic heterocycles. The molecule has 1 aromatic carbocycles. The molecule has 1 saturated heterocycles. The Kier molecular flexibility index (Phi) is 5.79. The highest BCUT2D eigenvalue weighted by atomic mass is 32.1. The Labute approximate surface area is 176 Å². The van der Waals surface area contributed by atoms with Crippen molar-refractivity contribution < 1.29 is 4.74 Å². The van der Waals surface area contributed by atoms with Gasteiger partial charge in [0.2, 0.25) is 5.88 Å². The van der Waals surface area contributed by atoms with Gasteiger partial charge in [-0.05, 0) is 69.0 Å². The maximum absolute atomic E-state index is 8.85. The molecule has 1 aliphatic rings. The molecule has 0 bridgehead atoms. The van der Waals surface area contributed by atoms with Crippen LogP contribution < -0.4 is 4.74 Å². The topological polar surface area (TPSA) is 62.0 Å². The van der Waals surface area contributed by atoms with Crippen LogP contribution in [0.1, 0.15) is 41.6 Å². The smallest absolute Gasteiger partial charge is 0.231 e. The van der Waals surface area contributed by atoms with E-state index in [9.17, 15) is 0 Å². The van der Waals surface area contributed by atoms with Gasteiger partial charge in [0.15, 0.2) is 0 Å². The van der Waals surface area contributed by atoms with Crippen LogP contribution >= 0.6 is 11.3 Å². The van der Waals surface area contributed by atoms with Gasteiger partial charge in [0.1, 0.15) is 16.4 Å². The van der Waals surface area contributed by atoms with E-state index in [1.54, 1.807) is 11.3 Å². The maximum atomic E-state index is 8.85. The van der Waals surface area contributed by atoms with E-state index in [4.69, 9.17) is 20.0 Å². The second-order valence-electron chi connectivity index (χ2n) is 7.95. The fourth-order valence-corrected chi connectivity index (χ4v) is 4.74. The first kappa shape index (κ1) is 19.8. The highest BCUT2D eigenvalue weighted by molar-refractivity contribution is 7.18. The van der Waals surface area contributed by atoms with Crippen LogP contribution in [0.4, 0.5) is 0 Å². The molecule has 29 heavy (non-hydrogen) atoms. The highest BCUT2D eigenvalue weighted by Gasteiger charge is 2.20. The first-order chi connectivity index (χ1) is 14.0. The Morgan fingerprint density at radius 2 is 1.90 bits per heavy atom. The minimum atomic E-state index is 0.402. The maximum Gasteiger partial charge on any atom is 0.231 e. The zero-order chi connectivity index (χ0) is 20.4. The molecule has 150 valence electrons. The Morgan fingerprint density at radius 1 is 1.17 bits per heavy atom. The number of fused-ring (bicyclic) bond motifs is 1. The van der Waals surface area contributed by atoms with E-state index >= 15 is 0 Å². The van der Waals surface area contributed by atoms with Crippen LogP contribution in [0, 0.1) is 31.1 Å². The molecule has 6 heteroatoms. The van der Waals surface area contributed by atoms with Crippen molar-refractivity contribution in [3.05, 3.63) is 46.1 Å². The minimum absolute atomic E-state index is 0.402. The predicted octanol–water partition coefficient (Wildman–Crippen LogP) is 5.40. The van der Waals surface area contributed by atoms with Gasteiger partial charge in [0, 0.05) is 4.88 Å². The summed E-state index contributed by atoms with van der Waals surface area (Å²) in [6.07, 6.45) is 2.87. The molecular weight excluding hydrogens is 380 g/mol. The molecule has 0 atom stereocenters. The molecule has 0 N–H and O–H groups in total. The molecule has 5 nitrogen and oxygen atoms in total. The SMILES string of the molecule is Cc1sc2nc(CN3CCC(C)CC3)nc(Oc3ccc(CC#N)cc3)c2c1C. The lowest BCUT2D eigenvalue weighted by molar-refractivity contribution is 0.181. The van der Waals surface area contributed by atoms with Crippen molar-refractivity contribution in [2.75, 3.05) is 13.1 Å². The van der Waals surface area contributed by atoms with Crippen molar-refractivity contribution in [3.63, 3.8) is 0 Å². The Balaban J connectivity index is 1.64. The number of piperidine rings is 1. The van der Waals surface area contributed by atoms with Gasteiger partial charge in [-0.3, -0.25) is 4.90 Å². The number of nitrogens with zero attached hydrogens (tertiary/aromatic N) is 4. The third-order valence-corrected chi connectivity index (χ3v) is 6.81. The number of aryl methyl sites for hydroxylation is 2. The fraction of sp³-hybridized carbons (Fsp3) is 0.435. The molecule has 0 radical (unpaired) electrons. The number of likely N-dealkylation sites (tertiary alicyclic amines) is 1. The molecule has 3 heterocycles. The summed E-state index contributed by atoms with van der Waals surface area (Å²) in [7, 11) is 0. The molecule has 0 unspecified atom stereocenters. The van der Waals surface area contributed by atoms with Gasteiger partial charge in [-0.2, -0.15) is 10.2 Å². The van der Waals surface area contributed by atoms with E-state index in [1.165, 1.54) is 23.3 Å². The van der Waals surface area contributed by atoms with Gasteiger partial charge in [0.25, 0.3) is 0 Å². The van der Waals surface area contributed by atoms with Crippen molar-refractivity contribution in [1.82, 2.24) is 14.9 Å². The molecule has 0 spiro atoms. The quantitative estimate of drug-likeness (QED) is 0.568. The van der Waals surface area contributed by atoms with Gasteiger partial charge in [-0.15, -0.1) is 11.3 Å². The van der Waals surface area contributed by atoms with E-state index in [1.807, 2.05) is 24.3 Å². The number of rotatable bonds is 5. The van der Waals surface area contributed by atoms with Crippen LogP contribution in [0.25, 0.3) is 10.2 Å². The van der Waals surface area contributed by atoms with Crippen molar-refractivity contribution >= 4 is 21.6 Å². The van der Waals surface area contributed by atoms with Crippen molar-refractivity contribution in [2.24, 2.45) is 5.92 Å². The minimum Gasteiger partial charge on any atom is -0.438 e. The standard InChI is InChI=1S/C23H26N4OS/c1-15-9-12-27(13-10-15)14-20-25-22(21-16(2)17(3)29-23(21)26-20)28-19-6-4-18(5-7-19)8-11-24/h4-7,15H,8-10,12-14H2,1-3H3. The summed E-state index contributed by atoms with van der Waals surface area (Å²) in [6.45, 7) is 9.50. The lowest BCUT2D eigenvalue weighted by atomic mass is 9.99. The van der Waals surface area contributed by atoms with Gasteiger partial charge in [-0.1, -0.05) is 19.1 Å².